The van der Waals surface area contributed by atoms with Crippen LogP contribution in [0, 0.1) is 0 Å². The number of hydrogen-bond donors (Lipinski definition) is 1. The van der Waals surface area contributed by atoms with Crippen molar-refractivity contribution < 1.29 is 9.53 Å². The van der Waals surface area contributed by atoms with Crippen molar-refractivity contribution in [1.82, 2.24) is 5.32 Å². The van der Waals surface area contributed by atoms with E-state index in [1.807, 2.05) is 62.4 Å². The van der Waals surface area contributed by atoms with Crippen LogP contribution in [-0.4, -0.2) is 11.9 Å². The maximum Gasteiger partial charge on any atom is 0.251 e. The minimum absolute atomic E-state index is 0.0759. The fraction of sp³-hybridized carbons (Fsp3) is 0.150. The molecule has 0 aliphatic heterocycles. The molecule has 3 aromatic carbocycles. The summed E-state index contributed by atoms with van der Waals surface area (Å²) < 4.78 is 5.95. The standard InChI is InChI=1S/C20H18ClNO2/c1-13(2)22-20(23)15-9-10-18-14(11-15)5-3-8-19(18)24-17-7-4-6-16(21)12-17/h3-13H,1-2H3,(H,22,23). The molecule has 0 aromatic heterocycles. The number of rotatable bonds is 4. The molecule has 24 heavy (non-hydrogen) atoms. The summed E-state index contributed by atoms with van der Waals surface area (Å²) in [4.78, 5) is 12.2. The predicted octanol–water partition coefficient (Wildman–Crippen LogP) is 5.42. The predicted molar refractivity (Wildman–Crippen MR) is 98.1 cm³/mol. The molecule has 0 atom stereocenters. The molecule has 122 valence electrons. The van der Waals surface area contributed by atoms with E-state index in [4.69, 9.17) is 16.3 Å². The normalized spacial score (nSPS) is 10.8. The van der Waals surface area contributed by atoms with Gasteiger partial charge in [0.15, 0.2) is 0 Å². The summed E-state index contributed by atoms with van der Waals surface area (Å²) in [6, 6.07) is 18.7. The smallest absolute Gasteiger partial charge is 0.251 e. The Hall–Kier alpha value is -2.52. The van der Waals surface area contributed by atoms with E-state index >= 15 is 0 Å². The minimum atomic E-state index is -0.0759. The van der Waals surface area contributed by atoms with Crippen molar-refractivity contribution in [2.24, 2.45) is 0 Å². The highest BCUT2D eigenvalue weighted by atomic mass is 35.5. The maximum atomic E-state index is 12.2. The molecule has 0 saturated carbocycles. The first-order chi connectivity index (χ1) is 11.5. The molecular weight excluding hydrogens is 322 g/mol. The Morgan fingerprint density at radius 3 is 2.58 bits per heavy atom. The van der Waals surface area contributed by atoms with Gasteiger partial charge in [-0.3, -0.25) is 4.79 Å². The Morgan fingerprint density at radius 1 is 1.04 bits per heavy atom. The van der Waals surface area contributed by atoms with Crippen LogP contribution in [0.3, 0.4) is 0 Å². The number of carbonyl (C=O) groups is 1. The molecule has 0 bridgehead atoms. The highest BCUT2D eigenvalue weighted by Gasteiger charge is 2.10. The molecule has 0 aliphatic rings. The maximum absolute atomic E-state index is 12.2. The van der Waals surface area contributed by atoms with Gasteiger partial charge in [0.1, 0.15) is 11.5 Å². The van der Waals surface area contributed by atoms with Crippen molar-refractivity contribution in [3.05, 3.63) is 71.2 Å². The molecule has 0 unspecified atom stereocenters. The zero-order valence-corrected chi connectivity index (χ0v) is 14.3. The summed E-state index contributed by atoms with van der Waals surface area (Å²) >= 11 is 6.00. The average molecular weight is 340 g/mol. The van der Waals surface area contributed by atoms with E-state index in [1.165, 1.54) is 0 Å². The number of nitrogens with one attached hydrogen (secondary N) is 1. The number of ether oxygens (including phenoxy) is 1. The number of hydrogen-bond acceptors (Lipinski definition) is 2. The zero-order valence-electron chi connectivity index (χ0n) is 13.5. The van der Waals surface area contributed by atoms with Gasteiger partial charge >= 0.3 is 0 Å². The van der Waals surface area contributed by atoms with E-state index in [0.29, 0.717) is 16.3 Å². The summed E-state index contributed by atoms with van der Waals surface area (Å²) in [7, 11) is 0. The lowest BCUT2D eigenvalue weighted by Gasteiger charge is -2.11. The first-order valence-corrected chi connectivity index (χ1v) is 8.18. The Balaban J connectivity index is 1.94. The van der Waals surface area contributed by atoms with E-state index in [2.05, 4.69) is 5.32 Å². The Morgan fingerprint density at radius 2 is 1.83 bits per heavy atom. The molecule has 1 amide bonds. The summed E-state index contributed by atoms with van der Waals surface area (Å²) in [5.74, 6) is 1.33. The highest BCUT2D eigenvalue weighted by molar-refractivity contribution is 6.30. The number of amides is 1. The van der Waals surface area contributed by atoms with Gasteiger partial charge < -0.3 is 10.1 Å². The number of fused-ring (bicyclic) bond motifs is 1. The molecule has 0 radical (unpaired) electrons. The van der Waals surface area contributed by atoms with Crippen LogP contribution in [0.15, 0.2) is 60.7 Å². The first-order valence-electron chi connectivity index (χ1n) is 7.80. The molecule has 4 heteroatoms. The van der Waals surface area contributed by atoms with Crippen LogP contribution in [0.1, 0.15) is 24.2 Å². The molecule has 0 fully saturated rings. The average Bonchev–Trinajstić information content (AvgIpc) is 2.54. The Kier molecular flexibility index (Phi) is 4.72. The monoisotopic (exact) mass is 339 g/mol. The van der Waals surface area contributed by atoms with Crippen LogP contribution in [-0.2, 0) is 0 Å². The lowest BCUT2D eigenvalue weighted by Crippen LogP contribution is -2.29. The highest BCUT2D eigenvalue weighted by Crippen LogP contribution is 2.31. The van der Waals surface area contributed by atoms with Crippen LogP contribution >= 0.6 is 11.6 Å². The lowest BCUT2D eigenvalue weighted by atomic mass is 10.1. The second-order valence-corrected chi connectivity index (χ2v) is 6.32. The molecule has 3 nitrogen and oxygen atoms in total. The van der Waals surface area contributed by atoms with Gasteiger partial charge in [0.2, 0.25) is 0 Å². The summed E-state index contributed by atoms with van der Waals surface area (Å²) in [6.45, 7) is 3.88. The van der Waals surface area contributed by atoms with Crippen LogP contribution in [0.4, 0.5) is 0 Å². The summed E-state index contributed by atoms with van der Waals surface area (Å²) in [5.41, 5.74) is 0.635. The van der Waals surface area contributed by atoms with Crippen LogP contribution in [0.25, 0.3) is 10.8 Å². The fourth-order valence-electron chi connectivity index (χ4n) is 2.49. The quantitative estimate of drug-likeness (QED) is 0.688. The SMILES string of the molecule is CC(C)NC(=O)c1ccc2c(Oc3cccc(Cl)c3)cccc2c1. The van der Waals surface area contributed by atoms with E-state index in [9.17, 15) is 4.79 Å². The molecule has 0 aliphatic carbocycles. The molecule has 3 aromatic rings. The lowest BCUT2D eigenvalue weighted by molar-refractivity contribution is 0.0943. The molecule has 0 heterocycles. The molecule has 0 spiro atoms. The third-order valence-electron chi connectivity index (χ3n) is 3.55. The third-order valence-corrected chi connectivity index (χ3v) is 3.78. The molecule has 3 rings (SSSR count). The van der Waals surface area contributed by atoms with Crippen molar-refractivity contribution in [2.75, 3.05) is 0 Å². The van der Waals surface area contributed by atoms with Crippen molar-refractivity contribution >= 4 is 28.3 Å². The number of carbonyl (C=O) groups excluding carboxylic acids is 1. The van der Waals surface area contributed by atoms with Gasteiger partial charge in [0.25, 0.3) is 5.91 Å². The zero-order chi connectivity index (χ0) is 17.1. The van der Waals surface area contributed by atoms with Crippen molar-refractivity contribution in [3.63, 3.8) is 0 Å². The van der Waals surface area contributed by atoms with Gasteiger partial charge in [-0.1, -0.05) is 29.8 Å². The van der Waals surface area contributed by atoms with Crippen molar-refractivity contribution in [2.45, 2.75) is 19.9 Å². The van der Waals surface area contributed by atoms with Gasteiger partial charge in [0.05, 0.1) is 0 Å². The van der Waals surface area contributed by atoms with E-state index in [0.717, 1.165) is 16.5 Å². The molecular formula is C20H18ClNO2. The Labute approximate surface area is 146 Å². The van der Waals surface area contributed by atoms with Crippen LogP contribution in [0.5, 0.6) is 11.5 Å². The van der Waals surface area contributed by atoms with Crippen molar-refractivity contribution in [3.8, 4) is 11.5 Å². The summed E-state index contributed by atoms with van der Waals surface area (Å²) in [6.07, 6.45) is 0. The molecule has 1 N–H and O–H groups in total. The van der Waals surface area contributed by atoms with Crippen LogP contribution in [0.2, 0.25) is 5.02 Å². The van der Waals surface area contributed by atoms with E-state index < -0.39 is 0 Å². The minimum Gasteiger partial charge on any atom is -0.457 e. The molecule has 0 saturated heterocycles. The van der Waals surface area contributed by atoms with Gasteiger partial charge in [-0.05, 0) is 61.7 Å². The number of benzene rings is 3. The second-order valence-electron chi connectivity index (χ2n) is 5.88. The van der Waals surface area contributed by atoms with E-state index in [1.54, 1.807) is 12.1 Å². The first kappa shape index (κ1) is 16.3. The Bertz CT molecular complexity index is 890. The summed E-state index contributed by atoms with van der Waals surface area (Å²) in [5, 5.41) is 5.42. The van der Waals surface area contributed by atoms with Gasteiger partial charge in [-0.2, -0.15) is 0 Å². The fourth-order valence-corrected chi connectivity index (χ4v) is 2.67. The second kappa shape index (κ2) is 6.93. The largest absolute Gasteiger partial charge is 0.457 e. The van der Waals surface area contributed by atoms with Crippen LogP contribution < -0.4 is 10.1 Å². The van der Waals surface area contributed by atoms with Gasteiger partial charge in [0, 0.05) is 22.0 Å². The third kappa shape index (κ3) is 3.69. The number of halogens is 1. The van der Waals surface area contributed by atoms with Crippen molar-refractivity contribution in [1.29, 1.82) is 0 Å². The topological polar surface area (TPSA) is 38.3 Å². The van der Waals surface area contributed by atoms with E-state index in [-0.39, 0.29) is 11.9 Å². The van der Waals surface area contributed by atoms with Gasteiger partial charge in [-0.15, -0.1) is 0 Å². The van der Waals surface area contributed by atoms with Gasteiger partial charge in [-0.25, -0.2) is 0 Å².